The van der Waals surface area contributed by atoms with Crippen molar-refractivity contribution in [3.8, 4) is 0 Å². The summed E-state index contributed by atoms with van der Waals surface area (Å²) in [7, 11) is 0. The lowest BCUT2D eigenvalue weighted by molar-refractivity contribution is -0.384. The summed E-state index contributed by atoms with van der Waals surface area (Å²) in [6.07, 6.45) is 1.22. The summed E-state index contributed by atoms with van der Waals surface area (Å²) in [5.74, 6) is -1.14. The zero-order valence-electron chi connectivity index (χ0n) is 11.0. The average molecular weight is 322 g/mol. The maximum atomic E-state index is 13.0. The molecule has 2 rings (SSSR count). The van der Waals surface area contributed by atoms with Crippen molar-refractivity contribution in [2.24, 2.45) is 5.10 Å². The van der Waals surface area contributed by atoms with E-state index in [1.54, 1.807) is 0 Å². The highest BCUT2D eigenvalue weighted by atomic mass is 35.5. The minimum absolute atomic E-state index is 0.00551. The molecule has 0 aliphatic heterocycles. The van der Waals surface area contributed by atoms with Gasteiger partial charge in [-0.3, -0.25) is 14.9 Å². The van der Waals surface area contributed by atoms with Crippen LogP contribution in [0.1, 0.15) is 15.9 Å². The van der Waals surface area contributed by atoms with Gasteiger partial charge in [-0.15, -0.1) is 0 Å². The quantitative estimate of drug-likeness (QED) is 0.533. The molecule has 2 aromatic carbocycles. The van der Waals surface area contributed by atoms with Crippen molar-refractivity contribution in [1.82, 2.24) is 5.43 Å². The molecule has 8 heteroatoms. The number of amides is 1. The molecule has 0 spiro atoms. The van der Waals surface area contributed by atoms with Crippen LogP contribution in [0.2, 0.25) is 5.02 Å². The predicted octanol–water partition coefficient (Wildman–Crippen LogP) is 3.15. The SMILES string of the molecule is O=C(NN=Cc1ccc(Cl)c([N+](=O)[O-])c1)c1cccc(F)c1. The lowest BCUT2D eigenvalue weighted by Crippen LogP contribution is -2.17. The van der Waals surface area contributed by atoms with Crippen LogP contribution in [0.3, 0.4) is 0 Å². The molecule has 0 saturated heterocycles. The molecule has 0 unspecified atom stereocenters. The third-order valence-corrected chi connectivity index (χ3v) is 2.95. The van der Waals surface area contributed by atoms with Crippen LogP contribution in [-0.4, -0.2) is 17.0 Å². The first kappa shape index (κ1) is 15.6. The summed E-state index contributed by atoms with van der Waals surface area (Å²) >= 11 is 5.68. The molecule has 0 radical (unpaired) electrons. The van der Waals surface area contributed by atoms with E-state index in [-0.39, 0.29) is 16.3 Å². The van der Waals surface area contributed by atoms with Gasteiger partial charge in [-0.2, -0.15) is 5.10 Å². The highest BCUT2D eigenvalue weighted by Gasteiger charge is 2.12. The number of hydrazone groups is 1. The Morgan fingerprint density at radius 1 is 1.32 bits per heavy atom. The summed E-state index contributed by atoms with van der Waals surface area (Å²) in [6.45, 7) is 0. The standard InChI is InChI=1S/C14H9ClFN3O3/c15-12-5-4-9(6-13(12)19(21)22)8-17-18-14(20)10-2-1-3-11(16)7-10/h1-8H,(H,18,20). The molecule has 6 nitrogen and oxygen atoms in total. The van der Waals surface area contributed by atoms with Gasteiger partial charge >= 0.3 is 0 Å². The third kappa shape index (κ3) is 3.86. The van der Waals surface area contributed by atoms with Gasteiger partial charge in [0.1, 0.15) is 10.8 Å². The first-order valence-electron chi connectivity index (χ1n) is 6.00. The number of nitro groups is 1. The van der Waals surface area contributed by atoms with E-state index in [0.717, 1.165) is 6.07 Å². The van der Waals surface area contributed by atoms with Crippen molar-refractivity contribution < 1.29 is 14.1 Å². The highest BCUT2D eigenvalue weighted by Crippen LogP contribution is 2.24. The lowest BCUT2D eigenvalue weighted by Gasteiger charge is -2.00. The molecule has 0 aliphatic carbocycles. The molecule has 2 aromatic rings. The molecule has 1 N–H and O–H groups in total. The number of carbonyl (C=O) groups is 1. The summed E-state index contributed by atoms with van der Waals surface area (Å²) in [5.41, 5.74) is 2.43. The first-order chi connectivity index (χ1) is 10.5. The Balaban J connectivity index is 2.08. The van der Waals surface area contributed by atoms with Crippen molar-refractivity contribution in [3.63, 3.8) is 0 Å². The maximum absolute atomic E-state index is 13.0. The van der Waals surface area contributed by atoms with Gasteiger partial charge in [-0.1, -0.05) is 23.7 Å². The first-order valence-corrected chi connectivity index (χ1v) is 6.38. The summed E-state index contributed by atoms with van der Waals surface area (Å²) in [5, 5.41) is 14.4. The number of nitrogens with zero attached hydrogens (tertiary/aromatic N) is 2. The Morgan fingerprint density at radius 2 is 2.09 bits per heavy atom. The van der Waals surface area contributed by atoms with Crippen molar-refractivity contribution >= 4 is 29.4 Å². The van der Waals surface area contributed by atoms with Gasteiger partial charge in [0.15, 0.2) is 0 Å². The fourth-order valence-electron chi connectivity index (χ4n) is 1.61. The average Bonchev–Trinajstić information content (AvgIpc) is 2.48. The van der Waals surface area contributed by atoms with E-state index >= 15 is 0 Å². The molecule has 112 valence electrons. The second-order valence-corrected chi connectivity index (χ2v) is 4.58. The molecule has 0 bridgehead atoms. The largest absolute Gasteiger partial charge is 0.288 e. The number of halogens is 2. The van der Waals surface area contributed by atoms with Gasteiger partial charge in [0.25, 0.3) is 11.6 Å². The Morgan fingerprint density at radius 3 is 2.77 bits per heavy atom. The number of benzene rings is 2. The number of hydrogen-bond donors (Lipinski definition) is 1. The Labute approximate surface area is 129 Å². The summed E-state index contributed by atoms with van der Waals surface area (Å²) < 4.78 is 13.0. The van der Waals surface area contributed by atoms with E-state index in [0.29, 0.717) is 5.56 Å². The van der Waals surface area contributed by atoms with E-state index < -0.39 is 16.6 Å². The number of nitrogens with one attached hydrogen (secondary N) is 1. The molecule has 22 heavy (non-hydrogen) atoms. The fraction of sp³-hybridized carbons (Fsp3) is 0. The molecule has 0 heterocycles. The van der Waals surface area contributed by atoms with E-state index in [1.165, 1.54) is 42.6 Å². The molecular weight excluding hydrogens is 313 g/mol. The highest BCUT2D eigenvalue weighted by molar-refractivity contribution is 6.32. The lowest BCUT2D eigenvalue weighted by atomic mass is 10.2. The van der Waals surface area contributed by atoms with Crippen molar-refractivity contribution in [3.05, 3.63) is 74.5 Å². The number of carbonyl (C=O) groups excluding carboxylic acids is 1. The van der Waals surface area contributed by atoms with Gasteiger partial charge in [0.2, 0.25) is 0 Å². The second-order valence-electron chi connectivity index (χ2n) is 4.18. The monoisotopic (exact) mass is 321 g/mol. The smallest absolute Gasteiger partial charge is 0.267 e. The van der Waals surface area contributed by atoms with Crippen LogP contribution < -0.4 is 5.43 Å². The van der Waals surface area contributed by atoms with Crippen LogP contribution in [0.15, 0.2) is 47.6 Å². The summed E-state index contributed by atoms with van der Waals surface area (Å²) in [4.78, 5) is 21.8. The van der Waals surface area contributed by atoms with Gasteiger partial charge in [0, 0.05) is 17.2 Å². The van der Waals surface area contributed by atoms with Gasteiger partial charge < -0.3 is 0 Å². The van der Waals surface area contributed by atoms with Crippen LogP contribution in [0, 0.1) is 15.9 Å². The molecular formula is C14H9ClFN3O3. The number of rotatable bonds is 4. The zero-order valence-corrected chi connectivity index (χ0v) is 11.7. The van der Waals surface area contributed by atoms with Crippen LogP contribution in [0.25, 0.3) is 0 Å². The minimum Gasteiger partial charge on any atom is -0.267 e. The molecule has 0 atom stereocenters. The zero-order chi connectivity index (χ0) is 16.1. The topological polar surface area (TPSA) is 84.6 Å². The normalized spacial score (nSPS) is 10.6. The molecule has 0 aromatic heterocycles. The molecule has 0 saturated carbocycles. The molecule has 0 aliphatic rings. The second kappa shape index (κ2) is 6.77. The van der Waals surface area contributed by atoms with Crippen LogP contribution in [-0.2, 0) is 0 Å². The van der Waals surface area contributed by atoms with Crippen molar-refractivity contribution in [2.45, 2.75) is 0 Å². The number of nitro benzene ring substituents is 1. The Hall–Kier alpha value is -2.80. The molecule has 0 fully saturated rings. The predicted molar refractivity (Wildman–Crippen MR) is 79.6 cm³/mol. The fourth-order valence-corrected chi connectivity index (χ4v) is 1.80. The Kier molecular flexibility index (Phi) is 4.80. The number of hydrogen-bond acceptors (Lipinski definition) is 4. The van der Waals surface area contributed by atoms with E-state index in [1.807, 2.05) is 0 Å². The van der Waals surface area contributed by atoms with Gasteiger partial charge in [-0.05, 0) is 24.3 Å². The van der Waals surface area contributed by atoms with E-state index in [9.17, 15) is 19.3 Å². The van der Waals surface area contributed by atoms with Crippen molar-refractivity contribution in [2.75, 3.05) is 0 Å². The maximum Gasteiger partial charge on any atom is 0.288 e. The van der Waals surface area contributed by atoms with Crippen LogP contribution in [0.5, 0.6) is 0 Å². The van der Waals surface area contributed by atoms with E-state index in [2.05, 4.69) is 10.5 Å². The van der Waals surface area contributed by atoms with Crippen LogP contribution in [0.4, 0.5) is 10.1 Å². The molecule has 1 amide bonds. The third-order valence-electron chi connectivity index (χ3n) is 2.63. The Bertz CT molecular complexity index is 765. The van der Waals surface area contributed by atoms with Crippen LogP contribution >= 0.6 is 11.6 Å². The van der Waals surface area contributed by atoms with Gasteiger partial charge in [-0.25, -0.2) is 9.82 Å². The minimum atomic E-state index is -0.620. The summed E-state index contributed by atoms with van der Waals surface area (Å²) in [6, 6.07) is 9.20. The van der Waals surface area contributed by atoms with E-state index in [4.69, 9.17) is 11.6 Å². The van der Waals surface area contributed by atoms with Crippen molar-refractivity contribution in [1.29, 1.82) is 0 Å². The van der Waals surface area contributed by atoms with Gasteiger partial charge in [0.05, 0.1) is 11.1 Å².